The number of anilines is 1. The summed E-state index contributed by atoms with van der Waals surface area (Å²) in [4.78, 5) is 12.2. The molecule has 2 aliphatic rings. The molecule has 0 saturated heterocycles. The second-order valence-corrected chi connectivity index (χ2v) is 7.45. The lowest BCUT2D eigenvalue weighted by Gasteiger charge is -2.14. The quantitative estimate of drug-likeness (QED) is 0.774. The highest BCUT2D eigenvalue weighted by Crippen LogP contribution is 2.36. The molecule has 0 spiro atoms. The van der Waals surface area contributed by atoms with Crippen LogP contribution in [-0.4, -0.2) is 41.6 Å². The summed E-state index contributed by atoms with van der Waals surface area (Å²) in [5, 5.41) is 19.9. The van der Waals surface area contributed by atoms with Crippen molar-refractivity contribution in [2.24, 2.45) is 0 Å². The number of tetrazole rings is 1. The number of thioether (sulfide) groups is 1. The minimum absolute atomic E-state index is 0.00712. The molecule has 0 aromatic carbocycles. The van der Waals surface area contributed by atoms with Crippen molar-refractivity contribution in [3.05, 3.63) is 12.3 Å². The van der Waals surface area contributed by atoms with E-state index in [0.717, 1.165) is 36.7 Å². The molecule has 0 unspecified atom stereocenters. The van der Waals surface area contributed by atoms with Crippen LogP contribution in [-0.2, 0) is 4.79 Å². The van der Waals surface area contributed by atoms with Crippen LogP contribution >= 0.6 is 11.8 Å². The predicted molar refractivity (Wildman–Crippen MR) is 89.8 cm³/mol. The lowest BCUT2D eigenvalue weighted by atomic mass is 10.2. The molecule has 8 nitrogen and oxygen atoms in total. The summed E-state index contributed by atoms with van der Waals surface area (Å²) in [5.41, 5.74) is 0. The molecular formula is C15H21N7OS. The minimum atomic E-state index is 0.00712. The molecule has 128 valence electrons. The third kappa shape index (κ3) is 3.45. The van der Waals surface area contributed by atoms with Crippen molar-refractivity contribution >= 4 is 23.5 Å². The van der Waals surface area contributed by atoms with Crippen LogP contribution in [0.2, 0.25) is 0 Å². The van der Waals surface area contributed by atoms with Gasteiger partial charge in [0.2, 0.25) is 11.1 Å². The van der Waals surface area contributed by atoms with Gasteiger partial charge in [-0.15, -0.1) is 5.10 Å². The molecule has 0 bridgehead atoms. The number of aromatic nitrogens is 6. The highest BCUT2D eigenvalue weighted by molar-refractivity contribution is 7.99. The molecular weight excluding hydrogens is 326 g/mol. The fourth-order valence-electron chi connectivity index (χ4n) is 3.12. The summed E-state index contributed by atoms with van der Waals surface area (Å²) in [7, 11) is 0. The Labute approximate surface area is 144 Å². The van der Waals surface area contributed by atoms with E-state index in [-0.39, 0.29) is 5.91 Å². The molecule has 2 aromatic rings. The number of nitrogens with zero attached hydrogens (tertiary/aromatic N) is 6. The topological polar surface area (TPSA) is 90.5 Å². The Morgan fingerprint density at radius 1 is 1.21 bits per heavy atom. The van der Waals surface area contributed by atoms with Gasteiger partial charge in [0.15, 0.2) is 0 Å². The van der Waals surface area contributed by atoms with E-state index in [1.807, 2.05) is 15.4 Å². The molecule has 1 amide bonds. The number of carbonyl (C=O) groups excluding carboxylic acids is 1. The van der Waals surface area contributed by atoms with Crippen molar-refractivity contribution in [3.63, 3.8) is 0 Å². The zero-order valence-corrected chi connectivity index (χ0v) is 14.3. The van der Waals surface area contributed by atoms with Crippen molar-refractivity contribution in [1.29, 1.82) is 0 Å². The second-order valence-electron chi connectivity index (χ2n) is 6.38. The summed E-state index contributed by atoms with van der Waals surface area (Å²) < 4.78 is 3.84. The largest absolute Gasteiger partial charge is 0.311 e. The average molecular weight is 347 g/mol. The van der Waals surface area contributed by atoms with Gasteiger partial charge >= 0.3 is 0 Å². The van der Waals surface area contributed by atoms with Gasteiger partial charge in [-0.25, -0.2) is 9.36 Å². The first-order chi connectivity index (χ1) is 11.8. The highest BCUT2D eigenvalue weighted by atomic mass is 32.2. The zero-order chi connectivity index (χ0) is 16.4. The van der Waals surface area contributed by atoms with Gasteiger partial charge in [0.1, 0.15) is 5.82 Å². The summed E-state index contributed by atoms with van der Waals surface area (Å²) in [6.45, 7) is 0. The maximum atomic E-state index is 12.2. The van der Waals surface area contributed by atoms with E-state index < -0.39 is 0 Å². The first kappa shape index (κ1) is 15.6. The van der Waals surface area contributed by atoms with E-state index in [2.05, 4.69) is 25.9 Å². The van der Waals surface area contributed by atoms with E-state index in [1.165, 1.54) is 24.6 Å². The number of carbonyl (C=O) groups is 1. The monoisotopic (exact) mass is 347 g/mol. The van der Waals surface area contributed by atoms with Gasteiger partial charge < -0.3 is 5.32 Å². The summed E-state index contributed by atoms with van der Waals surface area (Å²) in [6.07, 6.45) is 9.24. The molecule has 2 aliphatic carbocycles. The number of hydrogen-bond donors (Lipinski definition) is 1. The van der Waals surface area contributed by atoms with E-state index in [0.29, 0.717) is 24.3 Å². The van der Waals surface area contributed by atoms with Crippen LogP contribution in [0.5, 0.6) is 0 Å². The van der Waals surface area contributed by atoms with Gasteiger partial charge in [0.05, 0.1) is 18.3 Å². The fourth-order valence-corrected chi connectivity index (χ4v) is 4.00. The standard InChI is InChI=1S/C15H21N7OS/c23-14(8-10-24-15-18-19-20-22(15)12-5-6-12)17-13-7-9-16-21(13)11-3-1-2-4-11/h7,9,11-12H,1-6,8,10H2,(H,17,23). The number of rotatable bonds is 7. The number of hydrogen-bond acceptors (Lipinski definition) is 6. The fraction of sp³-hybridized carbons (Fsp3) is 0.667. The summed E-state index contributed by atoms with van der Waals surface area (Å²) >= 11 is 1.54. The van der Waals surface area contributed by atoms with Crippen molar-refractivity contribution in [2.45, 2.75) is 62.2 Å². The van der Waals surface area contributed by atoms with Crippen molar-refractivity contribution in [3.8, 4) is 0 Å². The zero-order valence-electron chi connectivity index (χ0n) is 13.5. The first-order valence-corrected chi connectivity index (χ1v) is 9.54. The second kappa shape index (κ2) is 6.92. The molecule has 24 heavy (non-hydrogen) atoms. The van der Waals surface area contributed by atoms with Gasteiger partial charge in [-0.3, -0.25) is 4.79 Å². The Balaban J connectivity index is 1.28. The lowest BCUT2D eigenvalue weighted by molar-refractivity contribution is -0.115. The smallest absolute Gasteiger partial charge is 0.226 e. The van der Waals surface area contributed by atoms with Gasteiger partial charge in [-0.2, -0.15) is 5.10 Å². The molecule has 0 atom stereocenters. The predicted octanol–water partition coefficient (Wildman–Crippen LogP) is 2.44. The van der Waals surface area contributed by atoms with Crippen LogP contribution in [0.3, 0.4) is 0 Å². The third-order valence-corrected chi connectivity index (χ3v) is 5.46. The van der Waals surface area contributed by atoms with E-state index >= 15 is 0 Å². The Kier molecular flexibility index (Phi) is 4.50. The van der Waals surface area contributed by atoms with Gasteiger partial charge in [-0.1, -0.05) is 24.6 Å². The van der Waals surface area contributed by atoms with Crippen LogP contribution in [0.4, 0.5) is 5.82 Å². The molecule has 4 rings (SSSR count). The maximum Gasteiger partial charge on any atom is 0.226 e. The van der Waals surface area contributed by atoms with Crippen LogP contribution in [0.25, 0.3) is 0 Å². The summed E-state index contributed by atoms with van der Waals surface area (Å²) in [6, 6.07) is 2.75. The SMILES string of the molecule is O=C(CCSc1nnnn1C1CC1)Nc1ccnn1C1CCCC1. The van der Waals surface area contributed by atoms with Crippen LogP contribution < -0.4 is 5.32 Å². The lowest BCUT2D eigenvalue weighted by Crippen LogP contribution is -2.18. The molecule has 0 radical (unpaired) electrons. The molecule has 2 fully saturated rings. The molecule has 9 heteroatoms. The van der Waals surface area contributed by atoms with Crippen LogP contribution in [0.15, 0.2) is 17.4 Å². The van der Waals surface area contributed by atoms with Gasteiger partial charge in [0, 0.05) is 18.2 Å². The molecule has 2 heterocycles. The van der Waals surface area contributed by atoms with Crippen LogP contribution in [0.1, 0.15) is 57.0 Å². The molecule has 1 N–H and O–H groups in total. The van der Waals surface area contributed by atoms with Gasteiger partial charge in [0.25, 0.3) is 0 Å². The van der Waals surface area contributed by atoms with Crippen molar-refractivity contribution in [2.75, 3.05) is 11.1 Å². The Bertz CT molecular complexity index is 702. The normalized spacial score (nSPS) is 18.2. The molecule has 0 aliphatic heterocycles. The van der Waals surface area contributed by atoms with Crippen molar-refractivity contribution < 1.29 is 4.79 Å². The minimum Gasteiger partial charge on any atom is -0.311 e. The Morgan fingerprint density at radius 3 is 2.79 bits per heavy atom. The Hall–Kier alpha value is -1.90. The summed E-state index contributed by atoms with van der Waals surface area (Å²) in [5.74, 6) is 1.48. The highest BCUT2D eigenvalue weighted by Gasteiger charge is 2.28. The maximum absolute atomic E-state index is 12.2. The molecule has 2 aromatic heterocycles. The number of nitrogens with one attached hydrogen (secondary N) is 1. The third-order valence-electron chi connectivity index (χ3n) is 4.52. The van der Waals surface area contributed by atoms with E-state index in [4.69, 9.17) is 0 Å². The first-order valence-electron chi connectivity index (χ1n) is 8.55. The van der Waals surface area contributed by atoms with E-state index in [9.17, 15) is 4.79 Å². The van der Waals surface area contributed by atoms with Crippen LogP contribution in [0, 0.1) is 0 Å². The van der Waals surface area contributed by atoms with Gasteiger partial charge in [-0.05, 0) is 36.1 Å². The van der Waals surface area contributed by atoms with E-state index in [1.54, 1.807) is 6.20 Å². The Morgan fingerprint density at radius 2 is 2.00 bits per heavy atom. The average Bonchev–Trinajstić information content (AvgIpc) is 2.98. The molecule has 2 saturated carbocycles. The van der Waals surface area contributed by atoms with Crippen molar-refractivity contribution in [1.82, 2.24) is 30.0 Å². The number of amides is 1.